The summed E-state index contributed by atoms with van der Waals surface area (Å²) in [6.45, 7) is -3.38. The first kappa shape index (κ1) is 18.5. The molecule has 0 bridgehead atoms. The zero-order valence-corrected chi connectivity index (χ0v) is 12.5. The van der Waals surface area contributed by atoms with Crippen molar-refractivity contribution in [3.63, 3.8) is 0 Å². The maximum absolute atomic E-state index is 12.4. The molecule has 1 amide bonds. The van der Waals surface area contributed by atoms with Gasteiger partial charge in [-0.15, -0.1) is 0 Å². The minimum atomic E-state index is -4.45. The number of nitrogens with one attached hydrogen (secondary N) is 1. The molecule has 0 spiro atoms. The second kappa shape index (κ2) is 7.82. The Hall–Kier alpha value is -2.84. The molecule has 0 fully saturated rings. The smallest absolute Gasteiger partial charge is 0.416 e. The second-order valence-electron chi connectivity index (χ2n) is 4.76. The van der Waals surface area contributed by atoms with E-state index in [0.717, 1.165) is 24.3 Å². The molecule has 0 aliphatic rings. The fraction of sp³-hybridized carbons (Fsp3) is 0.188. The molecule has 0 aliphatic heterocycles. The van der Waals surface area contributed by atoms with Crippen LogP contribution in [-0.2, 0) is 11.0 Å². The molecule has 4 nitrogen and oxygen atoms in total. The van der Waals surface area contributed by atoms with E-state index in [9.17, 15) is 26.7 Å². The molecular formula is C16H12F5NO3. The van der Waals surface area contributed by atoms with Gasteiger partial charge in [-0.2, -0.15) is 22.0 Å². The number of benzene rings is 2. The zero-order valence-electron chi connectivity index (χ0n) is 12.5. The molecule has 9 heteroatoms. The standard InChI is InChI=1S/C16H12F5NO3/c17-15(18)25-13-7-3-11(4-8-13)22-14(23)9-24-12-5-1-10(2-6-12)16(19,20)21/h1-8,15H,9H2,(H,22,23). The van der Waals surface area contributed by atoms with Gasteiger partial charge in [0.25, 0.3) is 5.91 Å². The lowest BCUT2D eigenvalue weighted by Gasteiger charge is -2.10. The molecule has 0 radical (unpaired) electrons. The average Bonchev–Trinajstić information content (AvgIpc) is 2.54. The van der Waals surface area contributed by atoms with Crippen molar-refractivity contribution in [2.75, 3.05) is 11.9 Å². The monoisotopic (exact) mass is 361 g/mol. The Labute approximate surface area is 139 Å². The molecule has 0 atom stereocenters. The highest BCUT2D eigenvalue weighted by Crippen LogP contribution is 2.30. The van der Waals surface area contributed by atoms with Crippen LogP contribution in [0.25, 0.3) is 0 Å². The number of hydrogen-bond donors (Lipinski definition) is 1. The van der Waals surface area contributed by atoms with Crippen molar-refractivity contribution >= 4 is 11.6 Å². The van der Waals surface area contributed by atoms with E-state index in [1.54, 1.807) is 0 Å². The van der Waals surface area contributed by atoms with E-state index >= 15 is 0 Å². The summed E-state index contributed by atoms with van der Waals surface area (Å²) >= 11 is 0. The van der Waals surface area contributed by atoms with Crippen LogP contribution < -0.4 is 14.8 Å². The topological polar surface area (TPSA) is 47.6 Å². The Morgan fingerprint density at radius 1 is 0.960 bits per heavy atom. The van der Waals surface area contributed by atoms with Crippen LogP contribution >= 0.6 is 0 Å². The largest absolute Gasteiger partial charge is 0.484 e. The third-order valence-electron chi connectivity index (χ3n) is 2.91. The molecule has 2 rings (SSSR count). The first-order valence-electron chi connectivity index (χ1n) is 6.89. The number of alkyl halides is 5. The highest BCUT2D eigenvalue weighted by atomic mass is 19.4. The minimum Gasteiger partial charge on any atom is -0.484 e. The molecule has 2 aromatic rings. The summed E-state index contributed by atoms with van der Waals surface area (Å²) in [6.07, 6.45) is -4.45. The zero-order chi connectivity index (χ0) is 18.4. The van der Waals surface area contributed by atoms with Gasteiger partial charge in [0.15, 0.2) is 6.61 Å². The molecule has 0 aromatic heterocycles. The van der Waals surface area contributed by atoms with E-state index in [1.807, 2.05) is 0 Å². The third-order valence-corrected chi connectivity index (χ3v) is 2.91. The number of carbonyl (C=O) groups is 1. The summed E-state index contributed by atoms with van der Waals surface area (Å²) in [4.78, 5) is 11.7. The molecular weight excluding hydrogens is 349 g/mol. The number of hydrogen-bond acceptors (Lipinski definition) is 3. The predicted molar refractivity (Wildman–Crippen MR) is 78.6 cm³/mol. The van der Waals surface area contributed by atoms with Crippen LogP contribution in [0.2, 0.25) is 0 Å². The number of rotatable bonds is 6. The van der Waals surface area contributed by atoms with Gasteiger partial charge in [-0.1, -0.05) is 0 Å². The Morgan fingerprint density at radius 2 is 1.52 bits per heavy atom. The van der Waals surface area contributed by atoms with Gasteiger partial charge in [0.05, 0.1) is 5.56 Å². The van der Waals surface area contributed by atoms with Crippen LogP contribution in [0.15, 0.2) is 48.5 Å². The van der Waals surface area contributed by atoms with Gasteiger partial charge in [0, 0.05) is 5.69 Å². The summed E-state index contributed by atoms with van der Waals surface area (Å²) in [5.41, 5.74) is -0.502. The van der Waals surface area contributed by atoms with Gasteiger partial charge in [-0.3, -0.25) is 4.79 Å². The summed E-state index contributed by atoms with van der Waals surface area (Å²) in [5, 5.41) is 2.44. The summed E-state index contributed by atoms with van der Waals surface area (Å²) in [6, 6.07) is 9.10. The molecule has 0 saturated carbocycles. The van der Waals surface area contributed by atoms with E-state index in [0.29, 0.717) is 5.69 Å². The van der Waals surface area contributed by atoms with E-state index in [1.165, 1.54) is 24.3 Å². The van der Waals surface area contributed by atoms with Crippen molar-refractivity contribution in [2.24, 2.45) is 0 Å². The molecule has 0 heterocycles. The average molecular weight is 361 g/mol. The van der Waals surface area contributed by atoms with E-state index in [2.05, 4.69) is 10.1 Å². The lowest BCUT2D eigenvalue weighted by atomic mass is 10.2. The van der Waals surface area contributed by atoms with Gasteiger partial charge in [-0.25, -0.2) is 0 Å². The molecule has 25 heavy (non-hydrogen) atoms. The van der Waals surface area contributed by atoms with Crippen LogP contribution in [0.3, 0.4) is 0 Å². The third kappa shape index (κ3) is 5.94. The number of ether oxygens (including phenoxy) is 2. The molecule has 1 N–H and O–H groups in total. The number of anilines is 1. The first-order valence-corrected chi connectivity index (χ1v) is 6.89. The predicted octanol–water partition coefficient (Wildman–Crippen LogP) is 4.32. The van der Waals surface area contributed by atoms with Crippen molar-refractivity contribution in [1.82, 2.24) is 0 Å². The maximum Gasteiger partial charge on any atom is 0.416 e. The van der Waals surface area contributed by atoms with Crippen molar-refractivity contribution < 1.29 is 36.2 Å². The van der Waals surface area contributed by atoms with Gasteiger partial charge < -0.3 is 14.8 Å². The van der Waals surface area contributed by atoms with Crippen molar-refractivity contribution in [3.05, 3.63) is 54.1 Å². The van der Waals surface area contributed by atoms with Crippen LogP contribution in [0, 0.1) is 0 Å². The molecule has 0 saturated heterocycles. The fourth-order valence-electron chi connectivity index (χ4n) is 1.81. The Balaban J connectivity index is 1.84. The summed E-state index contributed by atoms with van der Waals surface area (Å²) in [5.74, 6) is -0.528. The Bertz CT molecular complexity index is 699. The van der Waals surface area contributed by atoms with Gasteiger partial charge in [0.1, 0.15) is 11.5 Å². The SMILES string of the molecule is O=C(COc1ccc(C(F)(F)F)cc1)Nc1ccc(OC(F)F)cc1. The van der Waals surface area contributed by atoms with Crippen LogP contribution in [0.4, 0.5) is 27.6 Å². The van der Waals surface area contributed by atoms with Crippen molar-refractivity contribution in [3.8, 4) is 11.5 Å². The quantitative estimate of drug-likeness (QED) is 0.780. The van der Waals surface area contributed by atoms with Crippen LogP contribution in [0.5, 0.6) is 11.5 Å². The van der Waals surface area contributed by atoms with Crippen LogP contribution in [-0.4, -0.2) is 19.1 Å². The molecule has 0 unspecified atom stereocenters. The Morgan fingerprint density at radius 3 is 2.04 bits per heavy atom. The number of halogens is 5. The number of carbonyl (C=O) groups excluding carboxylic acids is 1. The second-order valence-corrected chi connectivity index (χ2v) is 4.76. The van der Waals surface area contributed by atoms with E-state index < -0.39 is 30.9 Å². The van der Waals surface area contributed by atoms with E-state index in [-0.39, 0.29) is 11.5 Å². The minimum absolute atomic E-state index is 0.0611. The van der Waals surface area contributed by atoms with Crippen molar-refractivity contribution in [2.45, 2.75) is 12.8 Å². The highest BCUT2D eigenvalue weighted by Gasteiger charge is 2.30. The lowest BCUT2D eigenvalue weighted by Crippen LogP contribution is -2.20. The van der Waals surface area contributed by atoms with Gasteiger partial charge in [0.2, 0.25) is 0 Å². The van der Waals surface area contributed by atoms with E-state index in [4.69, 9.17) is 4.74 Å². The van der Waals surface area contributed by atoms with Gasteiger partial charge in [-0.05, 0) is 48.5 Å². The normalized spacial score (nSPS) is 11.3. The Kier molecular flexibility index (Phi) is 5.79. The summed E-state index contributed by atoms with van der Waals surface area (Å²) in [7, 11) is 0. The molecule has 0 aliphatic carbocycles. The van der Waals surface area contributed by atoms with Gasteiger partial charge >= 0.3 is 12.8 Å². The maximum atomic E-state index is 12.4. The van der Waals surface area contributed by atoms with Crippen molar-refractivity contribution in [1.29, 1.82) is 0 Å². The molecule has 2 aromatic carbocycles. The summed E-state index contributed by atoms with van der Waals surface area (Å²) < 4.78 is 70.5. The highest BCUT2D eigenvalue weighted by molar-refractivity contribution is 5.91. The number of amides is 1. The van der Waals surface area contributed by atoms with Crippen LogP contribution in [0.1, 0.15) is 5.56 Å². The molecule has 134 valence electrons. The first-order chi connectivity index (χ1) is 11.7. The fourth-order valence-corrected chi connectivity index (χ4v) is 1.81. The lowest BCUT2D eigenvalue weighted by molar-refractivity contribution is -0.137.